The summed E-state index contributed by atoms with van der Waals surface area (Å²) in [4.78, 5) is 10.7. The maximum Gasteiger partial charge on any atom is 0.323 e. The van der Waals surface area contributed by atoms with Crippen LogP contribution in [0.3, 0.4) is 0 Å². The van der Waals surface area contributed by atoms with Crippen LogP contribution >= 0.6 is 0 Å². The van der Waals surface area contributed by atoms with Gasteiger partial charge in [-0.3, -0.25) is 4.79 Å². The summed E-state index contributed by atoms with van der Waals surface area (Å²) in [5, 5.41) is 46.4. The SMILES string of the molecule is CC(OC1O[C@H](CO)[C@@H](O)[C@H](O)[C@@H]1O)C(N)C(=O)O. The fourth-order valence-electron chi connectivity index (χ4n) is 1.68. The number of ether oxygens (including phenoxy) is 2. The number of carboxylic acid groups (broad SMARTS) is 1. The summed E-state index contributed by atoms with van der Waals surface area (Å²) in [7, 11) is 0. The lowest BCUT2D eigenvalue weighted by molar-refractivity contribution is -0.310. The Bertz CT molecular complexity index is 312. The summed E-state index contributed by atoms with van der Waals surface area (Å²) in [5.41, 5.74) is 5.33. The van der Waals surface area contributed by atoms with Crippen LogP contribution in [-0.4, -0.2) is 81.0 Å². The van der Waals surface area contributed by atoms with Crippen LogP contribution in [0.1, 0.15) is 6.92 Å². The van der Waals surface area contributed by atoms with Gasteiger partial charge in [-0.2, -0.15) is 0 Å². The molecular weight excluding hydrogens is 262 g/mol. The number of nitrogens with two attached hydrogens (primary N) is 1. The van der Waals surface area contributed by atoms with E-state index in [1.165, 1.54) is 6.92 Å². The zero-order valence-corrected chi connectivity index (χ0v) is 10.3. The van der Waals surface area contributed by atoms with E-state index in [-0.39, 0.29) is 0 Å². The number of hydrogen-bond donors (Lipinski definition) is 6. The molecule has 112 valence electrons. The summed E-state index contributed by atoms with van der Waals surface area (Å²) in [6.07, 6.45) is -8.17. The third kappa shape index (κ3) is 3.60. The Morgan fingerprint density at radius 3 is 2.37 bits per heavy atom. The zero-order valence-electron chi connectivity index (χ0n) is 10.3. The van der Waals surface area contributed by atoms with Gasteiger partial charge in [0.1, 0.15) is 30.5 Å². The number of carbonyl (C=O) groups is 1. The van der Waals surface area contributed by atoms with Crippen molar-refractivity contribution in [3.63, 3.8) is 0 Å². The summed E-state index contributed by atoms with van der Waals surface area (Å²) < 4.78 is 10.2. The molecule has 0 saturated carbocycles. The van der Waals surface area contributed by atoms with Crippen LogP contribution in [0.4, 0.5) is 0 Å². The summed E-state index contributed by atoms with van der Waals surface area (Å²) in [6, 6.07) is -1.34. The van der Waals surface area contributed by atoms with Crippen LogP contribution in [-0.2, 0) is 14.3 Å². The standard InChI is InChI=1S/C10H19NO8/c1-3(5(11)9(16)17)18-10-8(15)7(14)6(13)4(2-12)19-10/h3-8,10,12-15H,2,11H2,1H3,(H,16,17)/t3?,4-,5?,6-,7+,8+,10?/m1/s1. The molecule has 1 aliphatic rings. The molecule has 1 aliphatic heterocycles. The molecule has 0 aromatic carbocycles. The average molecular weight is 281 g/mol. The first-order chi connectivity index (χ1) is 8.79. The largest absolute Gasteiger partial charge is 0.480 e. The highest BCUT2D eigenvalue weighted by molar-refractivity contribution is 5.73. The minimum absolute atomic E-state index is 0.593. The van der Waals surface area contributed by atoms with E-state index < -0.39 is 55.4 Å². The van der Waals surface area contributed by atoms with Gasteiger partial charge in [-0.25, -0.2) is 0 Å². The second kappa shape index (κ2) is 6.57. The summed E-state index contributed by atoms with van der Waals surface area (Å²) >= 11 is 0. The first-order valence-electron chi connectivity index (χ1n) is 5.74. The molecule has 7 atom stereocenters. The van der Waals surface area contributed by atoms with E-state index in [1.807, 2.05) is 0 Å². The van der Waals surface area contributed by atoms with Crippen molar-refractivity contribution < 1.29 is 39.8 Å². The normalized spacial score (nSPS) is 38.7. The van der Waals surface area contributed by atoms with E-state index in [0.29, 0.717) is 0 Å². The van der Waals surface area contributed by atoms with E-state index in [4.69, 9.17) is 25.4 Å². The van der Waals surface area contributed by atoms with Gasteiger partial charge in [0.15, 0.2) is 6.29 Å². The molecule has 1 heterocycles. The summed E-state index contributed by atoms with van der Waals surface area (Å²) in [6.45, 7) is 0.768. The van der Waals surface area contributed by atoms with Crippen LogP contribution in [0.2, 0.25) is 0 Å². The van der Waals surface area contributed by atoms with E-state index in [9.17, 15) is 20.1 Å². The second-order valence-electron chi connectivity index (χ2n) is 4.40. The molecule has 0 radical (unpaired) electrons. The fourth-order valence-corrected chi connectivity index (χ4v) is 1.68. The number of rotatable bonds is 5. The Morgan fingerprint density at radius 1 is 1.32 bits per heavy atom. The molecule has 1 rings (SSSR count). The van der Waals surface area contributed by atoms with Gasteiger partial charge in [0.05, 0.1) is 12.7 Å². The monoisotopic (exact) mass is 281 g/mol. The van der Waals surface area contributed by atoms with Gasteiger partial charge in [-0.15, -0.1) is 0 Å². The predicted molar refractivity (Wildman–Crippen MR) is 59.9 cm³/mol. The molecule has 0 aliphatic carbocycles. The highest BCUT2D eigenvalue weighted by Crippen LogP contribution is 2.23. The predicted octanol–water partition coefficient (Wildman–Crippen LogP) is -3.40. The minimum Gasteiger partial charge on any atom is -0.480 e. The van der Waals surface area contributed by atoms with Crippen LogP contribution < -0.4 is 5.73 Å². The van der Waals surface area contributed by atoms with Crippen molar-refractivity contribution in [1.29, 1.82) is 0 Å². The molecule has 1 fully saturated rings. The van der Waals surface area contributed by atoms with E-state index in [0.717, 1.165) is 0 Å². The minimum atomic E-state index is -1.58. The van der Waals surface area contributed by atoms with Crippen molar-refractivity contribution in [2.24, 2.45) is 5.73 Å². The van der Waals surface area contributed by atoms with E-state index in [1.54, 1.807) is 0 Å². The van der Waals surface area contributed by atoms with E-state index in [2.05, 4.69) is 0 Å². The summed E-state index contributed by atoms with van der Waals surface area (Å²) in [5.74, 6) is -1.29. The first-order valence-corrected chi connectivity index (χ1v) is 5.74. The highest BCUT2D eigenvalue weighted by Gasteiger charge is 2.45. The molecule has 19 heavy (non-hydrogen) atoms. The van der Waals surface area contributed by atoms with Gasteiger partial charge in [0.25, 0.3) is 0 Å². The van der Waals surface area contributed by atoms with Crippen molar-refractivity contribution in [1.82, 2.24) is 0 Å². The molecule has 0 aromatic rings. The first kappa shape index (κ1) is 16.2. The molecular formula is C10H19NO8. The van der Waals surface area contributed by atoms with Gasteiger partial charge in [-0.05, 0) is 6.92 Å². The quantitative estimate of drug-likeness (QED) is 0.301. The Balaban J connectivity index is 2.69. The number of aliphatic hydroxyl groups is 4. The van der Waals surface area contributed by atoms with Gasteiger partial charge in [0.2, 0.25) is 0 Å². The number of hydrogen-bond acceptors (Lipinski definition) is 8. The Morgan fingerprint density at radius 2 is 1.89 bits per heavy atom. The maximum absolute atomic E-state index is 10.7. The van der Waals surface area contributed by atoms with Gasteiger partial charge >= 0.3 is 5.97 Å². The molecule has 0 aromatic heterocycles. The average Bonchev–Trinajstić information content (AvgIpc) is 2.38. The third-order valence-electron chi connectivity index (χ3n) is 2.99. The lowest BCUT2D eigenvalue weighted by atomic mass is 9.99. The van der Waals surface area contributed by atoms with Crippen molar-refractivity contribution >= 4 is 5.97 Å². The number of aliphatic carboxylic acids is 1. The Kier molecular flexibility index (Phi) is 5.62. The van der Waals surface area contributed by atoms with Crippen LogP contribution in [0, 0.1) is 0 Å². The molecule has 1 saturated heterocycles. The van der Waals surface area contributed by atoms with Crippen LogP contribution in [0.5, 0.6) is 0 Å². The zero-order chi connectivity index (χ0) is 14.7. The van der Waals surface area contributed by atoms with E-state index >= 15 is 0 Å². The van der Waals surface area contributed by atoms with Gasteiger partial charge in [0, 0.05) is 0 Å². The third-order valence-corrected chi connectivity index (χ3v) is 2.99. The Hall–Kier alpha value is -0.810. The van der Waals surface area contributed by atoms with Gasteiger partial charge in [-0.1, -0.05) is 0 Å². The van der Waals surface area contributed by atoms with Crippen molar-refractivity contribution in [3.05, 3.63) is 0 Å². The molecule has 7 N–H and O–H groups in total. The van der Waals surface area contributed by atoms with Crippen molar-refractivity contribution in [3.8, 4) is 0 Å². The Labute approximate surface area is 109 Å². The molecule has 0 bridgehead atoms. The smallest absolute Gasteiger partial charge is 0.323 e. The highest BCUT2D eigenvalue weighted by atomic mass is 16.7. The van der Waals surface area contributed by atoms with Crippen LogP contribution in [0.25, 0.3) is 0 Å². The fraction of sp³-hybridized carbons (Fsp3) is 0.900. The lowest BCUT2D eigenvalue weighted by Gasteiger charge is -2.40. The van der Waals surface area contributed by atoms with Crippen LogP contribution in [0.15, 0.2) is 0 Å². The number of aliphatic hydroxyl groups excluding tert-OH is 4. The topological polar surface area (TPSA) is 163 Å². The molecule has 9 heteroatoms. The lowest BCUT2D eigenvalue weighted by Crippen LogP contribution is -2.60. The molecule has 0 spiro atoms. The second-order valence-corrected chi connectivity index (χ2v) is 4.40. The van der Waals surface area contributed by atoms with Gasteiger partial charge < -0.3 is 40.7 Å². The molecule has 3 unspecified atom stereocenters. The molecule has 0 amide bonds. The van der Waals surface area contributed by atoms with Crippen molar-refractivity contribution in [2.45, 2.75) is 49.8 Å². The van der Waals surface area contributed by atoms with Crippen molar-refractivity contribution in [2.75, 3.05) is 6.61 Å². The molecule has 9 nitrogen and oxygen atoms in total. The maximum atomic E-state index is 10.7. The number of carboxylic acids is 1.